The first-order valence-corrected chi connectivity index (χ1v) is 12.8. The average molecular weight is 490 g/mol. The van der Waals surface area contributed by atoms with Gasteiger partial charge in [0.15, 0.2) is 11.5 Å². The topological polar surface area (TPSA) is 76.1 Å². The summed E-state index contributed by atoms with van der Waals surface area (Å²) in [5.74, 6) is 0.855. The third-order valence-electron chi connectivity index (χ3n) is 6.19. The maximum absolute atomic E-state index is 12.4. The molecule has 2 aromatic carbocycles. The lowest BCUT2D eigenvalue weighted by Crippen LogP contribution is -2.40. The minimum Gasteiger partial charge on any atom is -0.490 e. The Kier molecular flexibility index (Phi) is 6.86. The molecular formula is C25H28ClNO5S. The summed E-state index contributed by atoms with van der Waals surface area (Å²) in [7, 11) is -4.49. The molecule has 2 heterocycles. The fourth-order valence-electron chi connectivity index (χ4n) is 4.64. The Morgan fingerprint density at radius 3 is 2.33 bits per heavy atom. The van der Waals surface area contributed by atoms with Gasteiger partial charge in [0.1, 0.15) is 4.90 Å². The van der Waals surface area contributed by atoms with Gasteiger partial charge >= 0.3 is 0 Å². The van der Waals surface area contributed by atoms with E-state index in [0.29, 0.717) is 41.8 Å². The lowest BCUT2D eigenvalue weighted by molar-refractivity contribution is 0.285. The molecule has 1 unspecified atom stereocenters. The molecule has 2 aliphatic rings. The van der Waals surface area contributed by atoms with E-state index >= 15 is 0 Å². The van der Waals surface area contributed by atoms with Crippen LogP contribution in [0.1, 0.15) is 31.9 Å². The molecule has 1 N–H and O–H groups in total. The first-order valence-electron chi connectivity index (χ1n) is 11.0. The van der Waals surface area contributed by atoms with Crippen LogP contribution in [0.15, 0.2) is 52.9 Å². The van der Waals surface area contributed by atoms with E-state index in [1.807, 2.05) is 45.0 Å². The Labute approximate surface area is 200 Å². The third-order valence-corrected chi connectivity index (χ3v) is 7.34. The van der Waals surface area contributed by atoms with Crippen LogP contribution in [0.5, 0.6) is 11.5 Å². The van der Waals surface area contributed by atoms with E-state index in [2.05, 4.69) is 11.0 Å². The number of ether oxygens (including phenoxy) is 2. The summed E-state index contributed by atoms with van der Waals surface area (Å²) in [5, 5.41) is 0.684. The predicted molar refractivity (Wildman–Crippen MR) is 131 cm³/mol. The highest BCUT2D eigenvalue weighted by Crippen LogP contribution is 2.44. The fourth-order valence-corrected chi connectivity index (χ4v) is 5.49. The monoisotopic (exact) mass is 489 g/mol. The van der Waals surface area contributed by atoms with Gasteiger partial charge in [-0.2, -0.15) is 8.42 Å². The van der Waals surface area contributed by atoms with E-state index in [9.17, 15) is 13.0 Å². The van der Waals surface area contributed by atoms with Gasteiger partial charge in [0.2, 0.25) is 0 Å². The summed E-state index contributed by atoms with van der Waals surface area (Å²) < 4.78 is 46.2. The van der Waals surface area contributed by atoms with Crippen molar-refractivity contribution in [3.63, 3.8) is 0 Å². The van der Waals surface area contributed by atoms with Crippen molar-refractivity contribution in [3.8, 4) is 11.5 Å². The second kappa shape index (κ2) is 9.50. The zero-order chi connectivity index (χ0) is 23.8. The van der Waals surface area contributed by atoms with Crippen molar-refractivity contribution in [2.24, 2.45) is 5.92 Å². The second-order valence-corrected chi connectivity index (χ2v) is 10.0. The molecule has 0 fully saturated rings. The lowest BCUT2D eigenvalue weighted by atomic mass is 9.78. The number of fused-ring (bicyclic) bond motifs is 2. The van der Waals surface area contributed by atoms with E-state index < -0.39 is 10.1 Å². The Balaban J connectivity index is 1.87. The normalized spacial score (nSPS) is 20.5. The van der Waals surface area contributed by atoms with E-state index in [4.69, 9.17) is 21.1 Å². The molecule has 0 saturated carbocycles. The maximum atomic E-state index is 12.4. The molecule has 2 aromatic rings. The van der Waals surface area contributed by atoms with Crippen LogP contribution >= 0.6 is 11.6 Å². The Hall–Kier alpha value is -2.32. The van der Waals surface area contributed by atoms with Crippen LogP contribution in [0, 0.1) is 5.92 Å². The minimum atomic E-state index is -4.49. The summed E-state index contributed by atoms with van der Waals surface area (Å²) >= 11 is 6.08. The van der Waals surface area contributed by atoms with Crippen molar-refractivity contribution in [2.75, 3.05) is 32.8 Å². The van der Waals surface area contributed by atoms with Gasteiger partial charge in [0.05, 0.1) is 13.2 Å². The standard InChI is InChI=1S/C25H28ClNO5S/c1-4-31-23-12-20(25(33(28,29)30)13-24(23)32-5-2)22-15-27-11-10-19(21(14-27)16(22)3)17-6-8-18(26)9-7-17/h6-10,12-13,21H,4-5,11,14-15H2,1-3H3,(H,28,29,30)/t21-/m1/s1. The summed E-state index contributed by atoms with van der Waals surface area (Å²) in [6, 6.07) is 10.8. The summed E-state index contributed by atoms with van der Waals surface area (Å²) in [6.45, 7) is 8.63. The number of nitrogens with zero attached hydrogens (tertiary/aromatic N) is 1. The van der Waals surface area contributed by atoms with Crippen molar-refractivity contribution in [1.29, 1.82) is 0 Å². The summed E-state index contributed by atoms with van der Waals surface area (Å²) in [4.78, 5) is 2.11. The third kappa shape index (κ3) is 4.82. The highest BCUT2D eigenvalue weighted by atomic mass is 35.5. The molecule has 0 aromatic heterocycles. The van der Waals surface area contributed by atoms with Crippen molar-refractivity contribution in [3.05, 3.63) is 64.2 Å². The zero-order valence-electron chi connectivity index (χ0n) is 19.0. The molecule has 0 radical (unpaired) electrons. The summed E-state index contributed by atoms with van der Waals surface area (Å²) in [5.41, 5.74) is 4.70. The minimum absolute atomic E-state index is 0.0973. The van der Waals surface area contributed by atoms with Crippen LogP contribution in [-0.4, -0.2) is 50.7 Å². The molecule has 2 atom stereocenters. The van der Waals surface area contributed by atoms with Gasteiger partial charge in [0, 0.05) is 42.2 Å². The van der Waals surface area contributed by atoms with Crippen LogP contribution in [0.2, 0.25) is 5.02 Å². The van der Waals surface area contributed by atoms with Crippen LogP contribution < -0.4 is 9.47 Å². The molecule has 33 heavy (non-hydrogen) atoms. The van der Waals surface area contributed by atoms with Crippen LogP contribution in [0.4, 0.5) is 0 Å². The molecule has 0 aliphatic carbocycles. The number of halogens is 1. The van der Waals surface area contributed by atoms with Gasteiger partial charge in [-0.25, -0.2) is 0 Å². The maximum Gasteiger partial charge on any atom is 0.295 e. The zero-order valence-corrected chi connectivity index (χ0v) is 20.5. The summed E-state index contributed by atoms with van der Waals surface area (Å²) in [6.07, 6.45) is 2.23. The highest BCUT2D eigenvalue weighted by Gasteiger charge is 2.34. The van der Waals surface area contributed by atoms with E-state index in [1.165, 1.54) is 11.6 Å². The van der Waals surface area contributed by atoms with Crippen LogP contribution in [0.3, 0.4) is 0 Å². The number of hydrogen-bond donors (Lipinski definition) is 1. The fraction of sp³-hybridized carbons (Fsp3) is 0.360. The molecule has 176 valence electrons. The largest absolute Gasteiger partial charge is 0.490 e. The Morgan fingerprint density at radius 2 is 1.73 bits per heavy atom. The molecule has 2 aliphatic heterocycles. The molecule has 0 spiro atoms. The number of rotatable bonds is 7. The Bertz CT molecular complexity index is 1220. The Morgan fingerprint density at radius 1 is 1.09 bits per heavy atom. The molecule has 8 heteroatoms. The first kappa shape index (κ1) is 23.8. The van der Waals surface area contributed by atoms with E-state index in [0.717, 1.165) is 29.8 Å². The van der Waals surface area contributed by atoms with Gasteiger partial charge in [0.25, 0.3) is 10.1 Å². The second-order valence-electron chi connectivity index (χ2n) is 8.21. The lowest BCUT2D eigenvalue weighted by Gasteiger charge is -2.40. The molecule has 4 rings (SSSR count). The first-order chi connectivity index (χ1) is 15.7. The molecule has 0 amide bonds. The van der Waals surface area contributed by atoms with Crippen LogP contribution in [-0.2, 0) is 10.1 Å². The highest BCUT2D eigenvalue weighted by molar-refractivity contribution is 7.86. The quantitative estimate of drug-likeness (QED) is 0.539. The van der Waals surface area contributed by atoms with Gasteiger partial charge in [-0.05, 0) is 55.7 Å². The smallest absolute Gasteiger partial charge is 0.295 e. The van der Waals surface area contributed by atoms with Gasteiger partial charge < -0.3 is 9.47 Å². The molecule has 6 nitrogen and oxygen atoms in total. The van der Waals surface area contributed by atoms with Crippen molar-refractivity contribution < 1.29 is 22.4 Å². The van der Waals surface area contributed by atoms with Crippen molar-refractivity contribution >= 4 is 32.9 Å². The van der Waals surface area contributed by atoms with Crippen molar-refractivity contribution in [1.82, 2.24) is 4.90 Å². The van der Waals surface area contributed by atoms with Gasteiger partial charge in [-0.1, -0.05) is 35.4 Å². The van der Waals surface area contributed by atoms with E-state index in [-0.39, 0.29) is 10.8 Å². The molecule has 2 bridgehead atoms. The van der Waals surface area contributed by atoms with Crippen LogP contribution in [0.25, 0.3) is 11.1 Å². The molecule has 0 saturated heterocycles. The number of hydrogen-bond acceptors (Lipinski definition) is 5. The predicted octanol–water partition coefficient (Wildman–Crippen LogP) is 5.19. The van der Waals surface area contributed by atoms with E-state index in [1.54, 1.807) is 6.07 Å². The average Bonchev–Trinajstić information content (AvgIpc) is 2.77. The molecular weight excluding hydrogens is 462 g/mol. The van der Waals surface area contributed by atoms with Gasteiger partial charge in [-0.3, -0.25) is 9.45 Å². The SMILES string of the molecule is CCOc1cc(C2=C(C)[C@H]3CN(CC=C3c3ccc(Cl)cc3)C2)c(S(=O)(=O)O)cc1OCC. The van der Waals surface area contributed by atoms with Gasteiger partial charge in [-0.15, -0.1) is 0 Å². The number of benzene rings is 2. The van der Waals surface area contributed by atoms with Crippen molar-refractivity contribution in [2.45, 2.75) is 25.7 Å².